The van der Waals surface area contributed by atoms with Gasteiger partial charge in [0.1, 0.15) is 28.9 Å². The van der Waals surface area contributed by atoms with Crippen molar-refractivity contribution in [3.8, 4) is 0 Å². The molecule has 5 rings (SSSR count). The molecule has 2 aliphatic rings. The molecular weight excluding hydrogens is 426 g/mol. The summed E-state index contributed by atoms with van der Waals surface area (Å²) in [6, 6.07) is 6.94. The monoisotopic (exact) mass is 449 g/mol. The second kappa shape index (κ2) is 8.57. The number of aromatic nitrogens is 1. The lowest BCUT2D eigenvalue weighted by atomic mass is 9.79. The van der Waals surface area contributed by atoms with Crippen molar-refractivity contribution in [3.05, 3.63) is 70.9 Å². The zero-order valence-corrected chi connectivity index (χ0v) is 18.3. The Labute approximate surface area is 189 Å². The van der Waals surface area contributed by atoms with Gasteiger partial charge < -0.3 is 18.1 Å². The fourth-order valence-electron chi connectivity index (χ4n) is 4.53. The number of hydrogen-bond donors (Lipinski definition) is 0. The summed E-state index contributed by atoms with van der Waals surface area (Å²) in [4.78, 5) is 25.7. The molecule has 1 aliphatic carbocycles. The molecule has 3 aromatic heterocycles. The van der Waals surface area contributed by atoms with E-state index in [2.05, 4.69) is 5.16 Å². The Hall–Kier alpha value is -3.88. The van der Waals surface area contributed by atoms with Crippen LogP contribution in [0.5, 0.6) is 0 Å². The molecule has 0 radical (unpaired) electrons. The van der Waals surface area contributed by atoms with Crippen molar-refractivity contribution < 1.29 is 27.7 Å². The van der Waals surface area contributed by atoms with Gasteiger partial charge in [0.2, 0.25) is 0 Å². The molecule has 0 N–H and O–H groups in total. The first-order valence-electron chi connectivity index (χ1n) is 10.8. The quantitative estimate of drug-likeness (QED) is 0.529. The first-order valence-corrected chi connectivity index (χ1v) is 10.8. The SMILES string of the molecule is Cc1noc(C)c1C(=O)OCC(=O)N1N=C2C(=Cc3ccco3)CCCC2C1c1ccco1. The minimum absolute atomic E-state index is 0.0201. The van der Waals surface area contributed by atoms with Crippen molar-refractivity contribution in [3.63, 3.8) is 0 Å². The molecule has 0 bridgehead atoms. The maximum atomic E-state index is 13.2. The third kappa shape index (κ3) is 3.90. The average Bonchev–Trinajstić information content (AvgIpc) is 3.59. The molecule has 3 aromatic rings. The van der Waals surface area contributed by atoms with E-state index in [0.29, 0.717) is 17.2 Å². The van der Waals surface area contributed by atoms with Crippen molar-refractivity contribution >= 4 is 23.7 Å². The number of hydrazone groups is 1. The Balaban J connectivity index is 1.41. The molecule has 1 amide bonds. The number of aryl methyl sites for hydroxylation is 2. The summed E-state index contributed by atoms with van der Waals surface area (Å²) in [5, 5.41) is 9.84. The minimum Gasteiger partial charge on any atom is -0.467 e. The Morgan fingerprint density at radius 1 is 1.21 bits per heavy atom. The van der Waals surface area contributed by atoms with Crippen LogP contribution in [0.2, 0.25) is 0 Å². The molecule has 2 atom stereocenters. The fraction of sp³-hybridized carbons (Fsp3) is 0.333. The lowest BCUT2D eigenvalue weighted by molar-refractivity contribution is -0.137. The Morgan fingerprint density at radius 3 is 2.73 bits per heavy atom. The van der Waals surface area contributed by atoms with Gasteiger partial charge in [0, 0.05) is 5.92 Å². The normalized spacial score (nSPS) is 21.2. The van der Waals surface area contributed by atoms with Crippen LogP contribution in [0.4, 0.5) is 0 Å². The molecule has 4 heterocycles. The van der Waals surface area contributed by atoms with Gasteiger partial charge in [-0.2, -0.15) is 5.10 Å². The number of nitrogens with zero attached hydrogens (tertiary/aromatic N) is 3. The number of furan rings is 2. The lowest BCUT2D eigenvalue weighted by Gasteiger charge is -2.27. The lowest BCUT2D eigenvalue weighted by Crippen LogP contribution is -2.34. The summed E-state index contributed by atoms with van der Waals surface area (Å²) in [6.45, 7) is 2.81. The zero-order valence-electron chi connectivity index (χ0n) is 18.3. The van der Waals surface area contributed by atoms with Gasteiger partial charge in [0.05, 0.1) is 23.9 Å². The standard InChI is InChI=1S/C24H23N3O6/c1-14-21(15(2)33-26-14)24(29)32-13-20(28)27-23(19-9-5-11-31-19)18-8-3-6-16(22(18)25-27)12-17-7-4-10-30-17/h4-5,7,9-12,18,23H,3,6,8,13H2,1-2H3. The van der Waals surface area contributed by atoms with Gasteiger partial charge in [0.25, 0.3) is 5.91 Å². The van der Waals surface area contributed by atoms with E-state index < -0.39 is 24.5 Å². The Kier molecular flexibility index (Phi) is 5.45. The largest absolute Gasteiger partial charge is 0.467 e. The predicted octanol–water partition coefficient (Wildman–Crippen LogP) is 4.46. The number of carbonyl (C=O) groups is 2. The van der Waals surface area contributed by atoms with E-state index in [1.54, 1.807) is 32.4 Å². The van der Waals surface area contributed by atoms with Crippen molar-refractivity contribution in [2.75, 3.05) is 6.61 Å². The molecule has 9 heteroatoms. The van der Waals surface area contributed by atoms with Gasteiger partial charge in [-0.3, -0.25) is 4.79 Å². The molecule has 1 fully saturated rings. The number of amides is 1. The van der Waals surface area contributed by atoms with Crippen molar-refractivity contribution in [2.24, 2.45) is 11.0 Å². The van der Waals surface area contributed by atoms with Crippen LogP contribution in [0.1, 0.15) is 58.6 Å². The van der Waals surface area contributed by atoms with Gasteiger partial charge in [0.15, 0.2) is 6.61 Å². The fourth-order valence-corrected chi connectivity index (χ4v) is 4.53. The summed E-state index contributed by atoms with van der Waals surface area (Å²) >= 11 is 0. The molecule has 0 saturated heterocycles. The third-order valence-corrected chi connectivity index (χ3v) is 6.02. The first kappa shape index (κ1) is 21.0. The number of fused-ring (bicyclic) bond motifs is 1. The maximum absolute atomic E-state index is 13.2. The number of allylic oxidation sites excluding steroid dienone is 1. The molecule has 0 spiro atoms. The molecule has 1 aliphatic heterocycles. The Bertz CT molecular complexity index is 1200. The van der Waals surface area contributed by atoms with Gasteiger partial charge in [-0.25, -0.2) is 9.80 Å². The van der Waals surface area contributed by atoms with E-state index >= 15 is 0 Å². The van der Waals surface area contributed by atoms with Gasteiger partial charge >= 0.3 is 5.97 Å². The maximum Gasteiger partial charge on any atom is 0.344 e. The van der Waals surface area contributed by atoms with E-state index in [1.807, 2.05) is 24.3 Å². The summed E-state index contributed by atoms with van der Waals surface area (Å²) in [5.74, 6) is 0.615. The molecule has 33 heavy (non-hydrogen) atoms. The number of esters is 1. The highest BCUT2D eigenvalue weighted by molar-refractivity contribution is 6.08. The molecule has 2 unspecified atom stereocenters. The van der Waals surface area contributed by atoms with Crippen LogP contribution >= 0.6 is 0 Å². The molecule has 1 saturated carbocycles. The van der Waals surface area contributed by atoms with Crippen LogP contribution < -0.4 is 0 Å². The predicted molar refractivity (Wildman–Crippen MR) is 116 cm³/mol. The van der Waals surface area contributed by atoms with Crippen LogP contribution in [0, 0.1) is 19.8 Å². The number of hydrogen-bond acceptors (Lipinski definition) is 8. The highest BCUT2D eigenvalue weighted by Crippen LogP contribution is 2.44. The van der Waals surface area contributed by atoms with E-state index in [1.165, 1.54) is 5.01 Å². The zero-order chi connectivity index (χ0) is 22.9. The number of carbonyl (C=O) groups excluding carboxylic acids is 2. The topological polar surface area (TPSA) is 111 Å². The second-order valence-electron chi connectivity index (χ2n) is 8.14. The third-order valence-electron chi connectivity index (χ3n) is 6.02. The van der Waals surface area contributed by atoms with Gasteiger partial charge in [-0.15, -0.1) is 0 Å². The average molecular weight is 449 g/mol. The number of rotatable bonds is 5. The summed E-state index contributed by atoms with van der Waals surface area (Å²) in [7, 11) is 0. The minimum atomic E-state index is -0.656. The van der Waals surface area contributed by atoms with Crippen LogP contribution in [-0.4, -0.2) is 34.4 Å². The van der Waals surface area contributed by atoms with Gasteiger partial charge in [-0.1, -0.05) is 5.16 Å². The van der Waals surface area contributed by atoms with Gasteiger partial charge in [-0.05, 0) is 69.0 Å². The summed E-state index contributed by atoms with van der Waals surface area (Å²) < 4.78 is 21.5. The van der Waals surface area contributed by atoms with E-state index in [-0.39, 0.29) is 11.5 Å². The number of ether oxygens (including phenoxy) is 1. The highest BCUT2D eigenvalue weighted by Gasteiger charge is 2.45. The van der Waals surface area contributed by atoms with Crippen molar-refractivity contribution in [1.29, 1.82) is 0 Å². The van der Waals surface area contributed by atoms with Crippen LogP contribution in [0.25, 0.3) is 6.08 Å². The highest BCUT2D eigenvalue weighted by atomic mass is 16.5. The van der Waals surface area contributed by atoms with Crippen LogP contribution in [0.15, 0.2) is 60.8 Å². The van der Waals surface area contributed by atoms with Crippen LogP contribution in [0.3, 0.4) is 0 Å². The Morgan fingerprint density at radius 2 is 2.03 bits per heavy atom. The molecule has 170 valence electrons. The van der Waals surface area contributed by atoms with E-state index in [9.17, 15) is 9.59 Å². The van der Waals surface area contributed by atoms with Crippen molar-refractivity contribution in [1.82, 2.24) is 10.2 Å². The first-order chi connectivity index (χ1) is 16.0. The molecular formula is C24H23N3O6. The molecule has 0 aromatic carbocycles. The van der Waals surface area contributed by atoms with Crippen LogP contribution in [-0.2, 0) is 9.53 Å². The second-order valence-corrected chi connectivity index (χ2v) is 8.14. The summed E-state index contributed by atoms with van der Waals surface area (Å²) in [6.07, 6.45) is 7.83. The van der Waals surface area contributed by atoms with Crippen molar-refractivity contribution in [2.45, 2.75) is 39.2 Å². The molecule has 9 nitrogen and oxygen atoms in total. The van der Waals surface area contributed by atoms with E-state index in [0.717, 1.165) is 36.3 Å². The summed E-state index contributed by atoms with van der Waals surface area (Å²) in [5.41, 5.74) is 2.51. The van der Waals surface area contributed by atoms with E-state index in [4.69, 9.17) is 23.2 Å². The smallest absolute Gasteiger partial charge is 0.344 e.